The Morgan fingerprint density at radius 2 is 1.84 bits per heavy atom. The largest absolute Gasteiger partial charge is 0.496 e. The van der Waals surface area contributed by atoms with Crippen molar-refractivity contribution in [1.29, 1.82) is 5.26 Å². The van der Waals surface area contributed by atoms with Crippen molar-refractivity contribution in [2.45, 2.75) is 6.92 Å². The van der Waals surface area contributed by atoms with E-state index >= 15 is 0 Å². The minimum atomic E-state index is 0.191. The number of nitrogen functional groups attached to an aromatic ring is 1. The van der Waals surface area contributed by atoms with Crippen molar-refractivity contribution >= 4 is 17.4 Å². The second-order valence-electron chi connectivity index (χ2n) is 5.53. The Bertz CT molecular complexity index is 978. The van der Waals surface area contributed by atoms with Crippen LogP contribution >= 0.6 is 11.6 Å². The van der Waals surface area contributed by atoms with Crippen LogP contribution in [0.15, 0.2) is 48.5 Å². The summed E-state index contributed by atoms with van der Waals surface area (Å²) in [5, 5.41) is 10.3. The Morgan fingerprint density at radius 3 is 2.48 bits per heavy atom. The molecule has 5 heteroatoms. The smallest absolute Gasteiger partial charge is 0.142 e. The van der Waals surface area contributed by atoms with E-state index in [1.807, 2.05) is 37.3 Å². The molecule has 0 unspecified atom stereocenters. The van der Waals surface area contributed by atoms with Crippen LogP contribution in [0, 0.1) is 18.3 Å². The van der Waals surface area contributed by atoms with E-state index in [-0.39, 0.29) is 5.82 Å². The zero-order valence-corrected chi connectivity index (χ0v) is 14.6. The summed E-state index contributed by atoms with van der Waals surface area (Å²) in [5.41, 5.74) is 10.3. The Hall–Kier alpha value is -3.03. The maximum absolute atomic E-state index is 9.71. The predicted octanol–water partition coefficient (Wildman–Crippen LogP) is 4.84. The molecule has 2 aromatic carbocycles. The number of nitrogens with zero attached hydrogens (tertiary/aromatic N) is 2. The highest BCUT2D eigenvalue weighted by molar-refractivity contribution is 6.31. The van der Waals surface area contributed by atoms with E-state index in [4.69, 9.17) is 22.1 Å². The number of benzene rings is 2. The molecular weight excluding hydrogens is 334 g/mol. The van der Waals surface area contributed by atoms with Gasteiger partial charge in [0.2, 0.25) is 0 Å². The minimum Gasteiger partial charge on any atom is -0.496 e. The van der Waals surface area contributed by atoms with Crippen molar-refractivity contribution in [2.75, 3.05) is 12.8 Å². The highest BCUT2D eigenvalue weighted by Gasteiger charge is 2.22. The number of hydrogen-bond acceptors (Lipinski definition) is 4. The van der Waals surface area contributed by atoms with Gasteiger partial charge >= 0.3 is 0 Å². The number of aryl methyl sites for hydroxylation is 1. The summed E-state index contributed by atoms with van der Waals surface area (Å²) in [6.45, 7) is 1.88. The van der Waals surface area contributed by atoms with Crippen molar-refractivity contribution in [3.05, 3.63) is 64.8 Å². The Morgan fingerprint density at radius 1 is 1.12 bits per heavy atom. The molecular formula is C20H16ClN3O. The number of anilines is 1. The summed E-state index contributed by atoms with van der Waals surface area (Å²) in [7, 11) is 1.58. The molecule has 0 fully saturated rings. The number of halogens is 1. The number of pyridine rings is 1. The fraction of sp³-hybridized carbons (Fsp3) is 0.100. The van der Waals surface area contributed by atoms with Crippen LogP contribution in [0.2, 0.25) is 5.02 Å². The van der Waals surface area contributed by atoms with Crippen molar-refractivity contribution in [3.8, 4) is 34.1 Å². The zero-order chi connectivity index (χ0) is 18.0. The highest BCUT2D eigenvalue weighted by Crippen LogP contribution is 2.43. The molecule has 0 radical (unpaired) electrons. The van der Waals surface area contributed by atoms with Gasteiger partial charge in [0.15, 0.2) is 0 Å². The van der Waals surface area contributed by atoms with E-state index in [0.717, 1.165) is 16.8 Å². The molecule has 0 saturated carbocycles. The van der Waals surface area contributed by atoms with Crippen LogP contribution < -0.4 is 10.5 Å². The van der Waals surface area contributed by atoms with E-state index in [1.54, 1.807) is 25.3 Å². The number of hydrogen-bond donors (Lipinski definition) is 1. The average Bonchev–Trinajstić information content (AvgIpc) is 2.61. The van der Waals surface area contributed by atoms with Crippen molar-refractivity contribution in [1.82, 2.24) is 4.98 Å². The lowest BCUT2D eigenvalue weighted by Gasteiger charge is -2.18. The van der Waals surface area contributed by atoms with Gasteiger partial charge in [0.05, 0.1) is 7.11 Å². The van der Waals surface area contributed by atoms with E-state index in [9.17, 15) is 5.26 Å². The first-order valence-corrected chi connectivity index (χ1v) is 8.04. The van der Waals surface area contributed by atoms with E-state index in [0.29, 0.717) is 27.5 Å². The molecule has 0 amide bonds. The molecule has 3 rings (SSSR count). The van der Waals surface area contributed by atoms with E-state index in [2.05, 4.69) is 11.1 Å². The van der Waals surface area contributed by atoms with Crippen LogP contribution in [0.3, 0.4) is 0 Å². The molecule has 124 valence electrons. The second kappa shape index (κ2) is 6.84. The topological polar surface area (TPSA) is 71.9 Å². The van der Waals surface area contributed by atoms with Crippen LogP contribution in [0.1, 0.15) is 11.3 Å². The lowest BCUT2D eigenvalue weighted by molar-refractivity contribution is 0.416. The van der Waals surface area contributed by atoms with E-state index in [1.165, 1.54) is 0 Å². The molecule has 0 saturated heterocycles. The summed E-state index contributed by atoms with van der Waals surface area (Å²) in [5.74, 6) is 0.805. The molecule has 25 heavy (non-hydrogen) atoms. The first kappa shape index (κ1) is 16.8. The fourth-order valence-electron chi connectivity index (χ4n) is 2.94. The molecule has 2 N–H and O–H groups in total. The normalized spacial score (nSPS) is 10.3. The molecule has 0 spiro atoms. The molecule has 3 aromatic rings. The number of nitriles is 1. The van der Waals surface area contributed by atoms with Crippen LogP contribution in [0.4, 0.5) is 5.82 Å². The van der Waals surface area contributed by atoms with E-state index < -0.39 is 0 Å². The fourth-order valence-corrected chi connectivity index (χ4v) is 3.11. The maximum Gasteiger partial charge on any atom is 0.142 e. The molecule has 0 aliphatic heterocycles. The third kappa shape index (κ3) is 3.02. The number of rotatable bonds is 3. The lowest BCUT2D eigenvalue weighted by atomic mass is 9.89. The number of aromatic nitrogens is 1. The highest BCUT2D eigenvalue weighted by atomic mass is 35.5. The van der Waals surface area contributed by atoms with Crippen molar-refractivity contribution in [2.24, 2.45) is 0 Å². The summed E-state index contributed by atoms with van der Waals surface area (Å²) in [4.78, 5) is 4.37. The van der Waals surface area contributed by atoms with Gasteiger partial charge < -0.3 is 10.5 Å². The number of methoxy groups -OCH3 is 1. The lowest BCUT2D eigenvalue weighted by Crippen LogP contribution is -2.04. The summed E-state index contributed by atoms with van der Waals surface area (Å²) < 4.78 is 5.50. The first-order chi connectivity index (χ1) is 12.1. The van der Waals surface area contributed by atoms with Gasteiger partial charge in [-0.25, -0.2) is 4.98 Å². The summed E-state index contributed by atoms with van der Waals surface area (Å²) >= 11 is 6.21. The van der Waals surface area contributed by atoms with Crippen molar-refractivity contribution in [3.63, 3.8) is 0 Å². The monoisotopic (exact) mass is 349 g/mol. The average molecular weight is 350 g/mol. The van der Waals surface area contributed by atoms with Crippen LogP contribution in [0.5, 0.6) is 5.75 Å². The summed E-state index contributed by atoms with van der Waals surface area (Å²) in [6, 6.07) is 17.3. The third-order valence-electron chi connectivity index (χ3n) is 4.01. The van der Waals surface area contributed by atoms with Gasteiger partial charge in [-0.3, -0.25) is 0 Å². The predicted molar refractivity (Wildman–Crippen MR) is 101 cm³/mol. The van der Waals surface area contributed by atoms with Crippen molar-refractivity contribution < 1.29 is 4.74 Å². The molecule has 1 aromatic heterocycles. The SMILES string of the molecule is COc1ccc(Cl)cc1-c1c(C#N)c(N)nc(C)c1-c1ccccc1. The van der Waals surface area contributed by atoms with Crippen LogP contribution in [-0.4, -0.2) is 12.1 Å². The molecule has 0 atom stereocenters. The Balaban J connectivity index is 2.47. The van der Waals surface area contributed by atoms with Gasteiger partial charge in [-0.1, -0.05) is 41.9 Å². The van der Waals surface area contributed by atoms with Gasteiger partial charge in [0, 0.05) is 27.4 Å². The van der Waals surface area contributed by atoms with Gasteiger partial charge in [-0.2, -0.15) is 5.26 Å². The minimum absolute atomic E-state index is 0.191. The number of nitrogens with two attached hydrogens (primary N) is 1. The second-order valence-corrected chi connectivity index (χ2v) is 5.97. The molecule has 0 bridgehead atoms. The number of ether oxygens (including phenoxy) is 1. The Labute approximate surface area is 151 Å². The molecule has 0 aliphatic carbocycles. The third-order valence-corrected chi connectivity index (χ3v) is 4.25. The van der Waals surface area contributed by atoms with Crippen LogP contribution in [-0.2, 0) is 0 Å². The molecule has 0 aliphatic rings. The zero-order valence-electron chi connectivity index (χ0n) is 13.9. The first-order valence-electron chi connectivity index (χ1n) is 7.66. The van der Waals surface area contributed by atoms with Crippen LogP contribution in [0.25, 0.3) is 22.3 Å². The quantitative estimate of drug-likeness (QED) is 0.734. The maximum atomic E-state index is 9.71. The van der Waals surface area contributed by atoms with Gasteiger partial charge in [-0.15, -0.1) is 0 Å². The van der Waals surface area contributed by atoms with Gasteiger partial charge in [-0.05, 0) is 30.7 Å². The Kier molecular flexibility index (Phi) is 4.60. The summed E-state index contributed by atoms with van der Waals surface area (Å²) in [6.07, 6.45) is 0. The van der Waals surface area contributed by atoms with Gasteiger partial charge in [0.25, 0.3) is 0 Å². The standard InChI is InChI=1S/C20H16ClN3O/c1-12-18(13-6-4-3-5-7-13)19(16(11-22)20(23)24-12)15-10-14(21)8-9-17(15)25-2/h3-10H,1-2H3,(H2,23,24). The molecule has 1 heterocycles. The molecule has 4 nitrogen and oxygen atoms in total. The van der Waals surface area contributed by atoms with Gasteiger partial charge in [0.1, 0.15) is 23.2 Å².